The molecule has 15 nitrogen and oxygen atoms in total. The molecule has 0 radical (unpaired) electrons. The second-order valence-corrected chi connectivity index (χ2v) is 16.2. The van der Waals surface area contributed by atoms with Gasteiger partial charge in [-0.3, -0.25) is 28.8 Å². The maximum atomic E-state index is 13.8. The number of nitrogens with one attached hydrogen (secondary N) is 4. The second kappa shape index (κ2) is 18.7. The first kappa shape index (κ1) is 44.6. The van der Waals surface area contributed by atoms with E-state index in [1.807, 2.05) is 0 Å². The number of likely N-dealkylation sites (tertiary alicyclic amines) is 1. The summed E-state index contributed by atoms with van der Waals surface area (Å²) in [5, 5.41) is 16.4. The molecule has 2 aromatic rings. The first-order valence-corrected chi connectivity index (χ1v) is 19.0. The van der Waals surface area contributed by atoms with Crippen molar-refractivity contribution in [2.45, 2.75) is 94.5 Å². The summed E-state index contributed by atoms with van der Waals surface area (Å²) in [5.74, 6) is -5.13. The van der Waals surface area contributed by atoms with Crippen molar-refractivity contribution in [3.63, 3.8) is 0 Å². The second-order valence-electron chi connectivity index (χ2n) is 14.1. The van der Waals surface area contributed by atoms with Crippen LogP contribution in [0.25, 0.3) is 0 Å². The molecule has 1 aliphatic heterocycles. The quantitative estimate of drug-likeness (QED) is 0.137. The number of alkyl halides is 3. The number of primary amides is 1. The highest BCUT2D eigenvalue weighted by atomic mass is 35.5. The van der Waals surface area contributed by atoms with Crippen LogP contribution in [0.5, 0.6) is 0 Å². The Balaban J connectivity index is 1.67. The first-order valence-electron chi connectivity index (χ1n) is 17.1. The fourth-order valence-corrected chi connectivity index (χ4v) is 7.33. The van der Waals surface area contributed by atoms with Crippen molar-refractivity contribution in [1.82, 2.24) is 25.6 Å². The number of rotatable bonds is 17. The number of sulfonamides is 1. The Kier molecular flexibility index (Phi) is 15.2. The molecule has 4 atom stereocenters. The molecule has 0 aliphatic carbocycles. The summed E-state index contributed by atoms with van der Waals surface area (Å²) in [7, 11) is -4.83. The lowest BCUT2D eigenvalue weighted by atomic mass is 9.85. The number of aliphatic carboxylic acids is 1. The van der Waals surface area contributed by atoms with E-state index in [-0.39, 0.29) is 18.9 Å². The van der Waals surface area contributed by atoms with Gasteiger partial charge < -0.3 is 31.7 Å². The number of nitrogens with zero attached hydrogens (tertiary/aromatic N) is 1. The van der Waals surface area contributed by atoms with E-state index in [0.717, 1.165) is 6.07 Å². The number of carboxylic acids is 1. The molecule has 5 amide bonds. The van der Waals surface area contributed by atoms with Crippen LogP contribution in [0.1, 0.15) is 64.0 Å². The third-order valence-corrected chi connectivity index (χ3v) is 10.5. The lowest BCUT2D eigenvalue weighted by Gasteiger charge is -2.36. The Morgan fingerprint density at radius 3 is 2.22 bits per heavy atom. The van der Waals surface area contributed by atoms with Crippen LogP contribution < -0.4 is 26.4 Å². The lowest BCUT2D eigenvalue weighted by molar-refractivity contribution is -0.141. The molecule has 1 heterocycles. The van der Waals surface area contributed by atoms with E-state index in [0.29, 0.717) is 31.0 Å². The molecule has 55 heavy (non-hydrogen) atoms. The van der Waals surface area contributed by atoms with Crippen LogP contribution in [0.2, 0.25) is 5.02 Å². The third kappa shape index (κ3) is 13.2. The number of hydrogen-bond acceptors (Lipinski definition) is 8. The minimum absolute atomic E-state index is 0.00997. The standard InChI is InChI=1S/C35H44ClF3N6O9S/c1-34(2,3)30(32(50)45-15-7-10-21(45)17-27(40)46)43-31(49)26(16-20-8-5-4-6-9-20)42-29(48)19-41-28(47)14-13-25(33(51)52)44-55(53,54)22-11-12-24(36)23(18-22)35(37,38)39/h4-6,8-9,11-12,18,21,25-26,30,44H,7,10,13-17,19H2,1-3H3,(H2,40,46)(H,41,47)(H,42,48)(H,43,49)(H,51,52)/t21-,25-,26-,30+/m0/s1. The highest BCUT2D eigenvalue weighted by Crippen LogP contribution is 2.36. The summed E-state index contributed by atoms with van der Waals surface area (Å²) in [6, 6.07) is 5.66. The number of carboxylic acid groups (broad SMARTS) is 1. The number of benzene rings is 2. The molecule has 2 aromatic carbocycles. The summed E-state index contributed by atoms with van der Waals surface area (Å²) in [6.45, 7) is 4.92. The van der Waals surface area contributed by atoms with Gasteiger partial charge in [-0.2, -0.15) is 17.9 Å². The molecule has 0 bridgehead atoms. The number of amides is 5. The van der Waals surface area contributed by atoms with E-state index < -0.39 is 116 Å². The van der Waals surface area contributed by atoms with E-state index >= 15 is 0 Å². The van der Waals surface area contributed by atoms with Gasteiger partial charge in [0, 0.05) is 31.8 Å². The molecule has 3 rings (SSSR count). The van der Waals surface area contributed by atoms with Crippen molar-refractivity contribution in [2.24, 2.45) is 11.1 Å². The van der Waals surface area contributed by atoms with Crippen molar-refractivity contribution < 1.29 is 55.5 Å². The van der Waals surface area contributed by atoms with Crippen LogP contribution in [0.4, 0.5) is 13.2 Å². The van der Waals surface area contributed by atoms with Gasteiger partial charge in [0.1, 0.15) is 18.1 Å². The Morgan fingerprint density at radius 1 is 0.982 bits per heavy atom. The minimum Gasteiger partial charge on any atom is -0.480 e. The Bertz CT molecular complexity index is 1860. The van der Waals surface area contributed by atoms with Crippen LogP contribution in [-0.4, -0.2) is 91.2 Å². The molecule has 0 aromatic heterocycles. The molecule has 20 heteroatoms. The molecule has 1 aliphatic rings. The average molecular weight is 817 g/mol. The molecule has 0 spiro atoms. The highest BCUT2D eigenvalue weighted by molar-refractivity contribution is 7.89. The molecule has 0 unspecified atom stereocenters. The normalized spacial score (nSPS) is 16.4. The van der Waals surface area contributed by atoms with E-state index in [4.69, 9.17) is 17.3 Å². The third-order valence-electron chi connectivity index (χ3n) is 8.69. The van der Waals surface area contributed by atoms with E-state index in [2.05, 4.69) is 16.0 Å². The molecule has 7 N–H and O–H groups in total. The van der Waals surface area contributed by atoms with Crippen molar-refractivity contribution in [3.05, 3.63) is 64.7 Å². The maximum absolute atomic E-state index is 13.8. The zero-order valence-electron chi connectivity index (χ0n) is 30.2. The average Bonchev–Trinajstić information content (AvgIpc) is 3.54. The number of carbonyl (C=O) groups excluding carboxylic acids is 5. The van der Waals surface area contributed by atoms with E-state index in [1.54, 1.807) is 55.8 Å². The number of carbonyl (C=O) groups is 6. The van der Waals surface area contributed by atoms with E-state index in [9.17, 15) is 55.5 Å². The molecule has 1 saturated heterocycles. The minimum atomic E-state index is -5.00. The van der Waals surface area contributed by atoms with Gasteiger partial charge in [-0.25, -0.2) is 8.42 Å². The Morgan fingerprint density at radius 2 is 1.64 bits per heavy atom. The topological polar surface area (TPSA) is 234 Å². The summed E-state index contributed by atoms with van der Waals surface area (Å²) in [4.78, 5) is 77.2. The van der Waals surface area contributed by atoms with Gasteiger partial charge in [-0.1, -0.05) is 62.7 Å². The van der Waals surface area contributed by atoms with Crippen molar-refractivity contribution in [1.29, 1.82) is 0 Å². The SMILES string of the molecule is CC(C)(C)[C@H](NC(=O)[C@H](Cc1ccccc1)NC(=O)CNC(=O)CC[C@H](NS(=O)(=O)c1ccc(Cl)c(C(F)(F)F)c1)C(=O)O)C(=O)N1CCC[C@H]1CC(N)=O. The fourth-order valence-electron chi connectivity index (χ4n) is 5.85. The van der Waals surface area contributed by atoms with Crippen LogP contribution in [0, 0.1) is 5.41 Å². The number of hydrogen-bond donors (Lipinski definition) is 6. The fraction of sp³-hybridized carbons (Fsp3) is 0.486. The highest BCUT2D eigenvalue weighted by Gasteiger charge is 2.41. The molecule has 0 saturated carbocycles. The molecular formula is C35H44ClF3N6O9S. The van der Waals surface area contributed by atoms with Crippen LogP contribution in [0.3, 0.4) is 0 Å². The number of nitrogens with two attached hydrogens (primary N) is 1. The van der Waals surface area contributed by atoms with Gasteiger partial charge in [0.2, 0.25) is 39.6 Å². The Labute approximate surface area is 320 Å². The van der Waals surface area contributed by atoms with Crippen LogP contribution in [0.15, 0.2) is 53.4 Å². The van der Waals surface area contributed by atoms with Gasteiger partial charge in [0.15, 0.2) is 0 Å². The summed E-state index contributed by atoms with van der Waals surface area (Å²) < 4.78 is 67.1. The molecular weight excluding hydrogens is 773 g/mol. The zero-order chi connectivity index (χ0) is 41.3. The monoisotopic (exact) mass is 816 g/mol. The number of halogens is 4. The zero-order valence-corrected chi connectivity index (χ0v) is 31.8. The molecule has 1 fully saturated rings. The van der Waals surface area contributed by atoms with E-state index in [1.165, 1.54) is 4.90 Å². The van der Waals surface area contributed by atoms with Crippen molar-refractivity contribution in [3.8, 4) is 0 Å². The predicted octanol–water partition coefficient (Wildman–Crippen LogP) is 2.11. The summed E-state index contributed by atoms with van der Waals surface area (Å²) >= 11 is 5.54. The molecule has 302 valence electrons. The first-order chi connectivity index (χ1) is 25.5. The van der Waals surface area contributed by atoms with Gasteiger partial charge in [-0.05, 0) is 48.4 Å². The van der Waals surface area contributed by atoms with Crippen molar-refractivity contribution in [2.75, 3.05) is 13.1 Å². The summed E-state index contributed by atoms with van der Waals surface area (Å²) in [6.07, 6.45) is -5.10. The van der Waals surface area contributed by atoms with Gasteiger partial charge in [0.05, 0.1) is 22.0 Å². The van der Waals surface area contributed by atoms with Gasteiger partial charge in [-0.15, -0.1) is 0 Å². The van der Waals surface area contributed by atoms with Gasteiger partial charge >= 0.3 is 12.1 Å². The van der Waals surface area contributed by atoms with Crippen molar-refractivity contribution >= 4 is 57.1 Å². The van der Waals surface area contributed by atoms with Crippen LogP contribution in [-0.2, 0) is 51.4 Å². The predicted molar refractivity (Wildman–Crippen MR) is 192 cm³/mol. The summed E-state index contributed by atoms with van der Waals surface area (Å²) in [5.41, 5.74) is 3.79. The van der Waals surface area contributed by atoms with Gasteiger partial charge in [0.25, 0.3) is 0 Å². The maximum Gasteiger partial charge on any atom is 0.417 e. The Hall–Kier alpha value is -4.75. The largest absolute Gasteiger partial charge is 0.480 e. The smallest absolute Gasteiger partial charge is 0.417 e. The van der Waals surface area contributed by atoms with Crippen LogP contribution >= 0.6 is 11.6 Å². The lowest BCUT2D eigenvalue weighted by Crippen LogP contribution is -2.60.